The van der Waals surface area contributed by atoms with Gasteiger partial charge in [0.1, 0.15) is 0 Å². The molecule has 0 bridgehead atoms. The average molecular weight is 357 g/mol. The Morgan fingerprint density at radius 1 is 1.23 bits per heavy atom. The van der Waals surface area contributed by atoms with Gasteiger partial charge in [0.15, 0.2) is 0 Å². The molecule has 2 aliphatic heterocycles. The molecular formula is C22H32N2O2. The van der Waals surface area contributed by atoms with E-state index in [2.05, 4.69) is 41.8 Å². The monoisotopic (exact) mass is 356 g/mol. The largest absolute Gasteiger partial charge is 0.381 e. The molecule has 0 radical (unpaired) electrons. The van der Waals surface area contributed by atoms with Crippen LogP contribution in [0.1, 0.15) is 56.1 Å². The summed E-state index contributed by atoms with van der Waals surface area (Å²) >= 11 is 0. The smallest absolute Gasteiger partial charge is 0.237 e. The summed E-state index contributed by atoms with van der Waals surface area (Å²) in [6, 6.07) is 9.18. The van der Waals surface area contributed by atoms with Crippen molar-refractivity contribution in [2.45, 2.75) is 69.4 Å². The highest BCUT2D eigenvalue weighted by Crippen LogP contribution is 2.37. The lowest BCUT2D eigenvalue weighted by Crippen LogP contribution is -2.49. The molecule has 2 N–H and O–H groups in total. The minimum Gasteiger partial charge on any atom is -0.381 e. The first-order valence-electron chi connectivity index (χ1n) is 10.4. The summed E-state index contributed by atoms with van der Waals surface area (Å²) in [5.74, 6) is 0.895. The number of carbonyl (C=O) groups excluding carboxylic acids is 1. The second kappa shape index (κ2) is 7.69. The van der Waals surface area contributed by atoms with E-state index in [1.54, 1.807) is 0 Å². The van der Waals surface area contributed by atoms with E-state index in [1.807, 2.05) is 0 Å². The molecule has 1 aromatic rings. The standard InChI is InChI=1S/C22H32N2O2/c1-16-6-2-4-8-18(16)22(10-12-26-13-11-22)15-23-21(25)20-14-17-7-3-5-9-19(17)24-20/h2,4,6,8,17,19-20,24H,3,5,7,9-15H2,1H3,(H,23,25). The van der Waals surface area contributed by atoms with Crippen LogP contribution in [-0.2, 0) is 14.9 Å². The van der Waals surface area contributed by atoms with Gasteiger partial charge < -0.3 is 15.4 Å². The van der Waals surface area contributed by atoms with Crippen LogP contribution in [0, 0.1) is 12.8 Å². The van der Waals surface area contributed by atoms with Crippen molar-refractivity contribution in [1.29, 1.82) is 0 Å². The van der Waals surface area contributed by atoms with E-state index < -0.39 is 0 Å². The predicted molar refractivity (Wildman–Crippen MR) is 103 cm³/mol. The van der Waals surface area contributed by atoms with Gasteiger partial charge in [-0.15, -0.1) is 0 Å². The third kappa shape index (κ3) is 3.54. The predicted octanol–water partition coefficient (Wildman–Crippen LogP) is 3.08. The van der Waals surface area contributed by atoms with Gasteiger partial charge in [-0.05, 0) is 56.1 Å². The lowest BCUT2D eigenvalue weighted by atomic mass is 9.72. The molecule has 3 fully saturated rings. The van der Waals surface area contributed by atoms with Crippen molar-refractivity contribution in [2.24, 2.45) is 5.92 Å². The van der Waals surface area contributed by atoms with Crippen LogP contribution in [0.25, 0.3) is 0 Å². The fourth-order valence-corrected chi connectivity index (χ4v) is 5.37. The van der Waals surface area contributed by atoms with Gasteiger partial charge in [0.2, 0.25) is 5.91 Å². The Morgan fingerprint density at radius 3 is 2.77 bits per heavy atom. The second-order valence-electron chi connectivity index (χ2n) is 8.53. The minimum absolute atomic E-state index is 0.00291. The Morgan fingerprint density at radius 2 is 2.00 bits per heavy atom. The topological polar surface area (TPSA) is 50.4 Å². The van der Waals surface area contributed by atoms with Crippen LogP contribution in [0.3, 0.4) is 0 Å². The Labute approximate surface area is 157 Å². The average Bonchev–Trinajstić information content (AvgIpc) is 3.11. The van der Waals surface area contributed by atoms with Crippen molar-refractivity contribution < 1.29 is 9.53 Å². The summed E-state index contributed by atoms with van der Waals surface area (Å²) in [7, 11) is 0. The first-order valence-corrected chi connectivity index (χ1v) is 10.4. The number of rotatable bonds is 4. The number of fused-ring (bicyclic) bond motifs is 1. The highest BCUT2D eigenvalue weighted by molar-refractivity contribution is 5.82. The van der Waals surface area contributed by atoms with Crippen LogP contribution in [0.2, 0.25) is 0 Å². The SMILES string of the molecule is Cc1ccccc1C1(CNC(=O)C2CC3CCCCC3N2)CCOCC1. The maximum absolute atomic E-state index is 12.9. The fraction of sp³-hybridized carbons (Fsp3) is 0.682. The molecule has 1 amide bonds. The Bertz CT molecular complexity index is 625. The van der Waals surface area contributed by atoms with Crippen molar-refractivity contribution in [3.05, 3.63) is 35.4 Å². The number of aryl methyl sites for hydroxylation is 1. The molecular weight excluding hydrogens is 324 g/mol. The maximum atomic E-state index is 12.9. The van der Waals surface area contributed by atoms with E-state index in [1.165, 1.54) is 36.8 Å². The molecule has 0 spiro atoms. The van der Waals surface area contributed by atoms with Crippen molar-refractivity contribution in [3.63, 3.8) is 0 Å². The molecule has 2 heterocycles. The second-order valence-corrected chi connectivity index (χ2v) is 8.53. The Hall–Kier alpha value is -1.39. The molecule has 142 valence electrons. The van der Waals surface area contributed by atoms with E-state index in [0.717, 1.165) is 32.5 Å². The highest BCUT2D eigenvalue weighted by atomic mass is 16.5. The molecule has 1 aromatic carbocycles. The van der Waals surface area contributed by atoms with E-state index in [9.17, 15) is 4.79 Å². The van der Waals surface area contributed by atoms with E-state index in [4.69, 9.17) is 4.74 Å². The molecule has 3 aliphatic rings. The van der Waals surface area contributed by atoms with E-state index in [0.29, 0.717) is 18.5 Å². The first kappa shape index (κ1) is 18.0. The summed E-state index contributed by atoms with van der Waals surface area (Å²) in [4.78, 5) is 12.9. The molecule has 4 rings (SSSR count). The Kier molecular flexibility index (Phi) is 5.32. The quantitative estimate of drug-likeness (QED) is 0.872. The number of amides is 1. The molecule has 4 heteroatoms. The van der Waals surface area contributed by atoms with Crippen LogP contribution >= 0.6 is 0 Å². The highest BCUT2D eigenvalue weighted by Gasteiger charge is 2.40. The third-order valence-electron chi connectivity index (χ3n) is 6.95. The number of hydrogen-bond donors (Lipinski definition) is 2. The van der Waals surface area contributed by atoms with Gasteiger partial charge in [-0.2, -0.15) is 0 Å². The Balaban J connectivity index is 1.44. The van der Waals surface area contributed by atoms with E-state index in [-0.39, 0.29) is 17.4 Å². The molecule has 3 atom stereocenters. The van der Waals surface area contributed by atoms with Crippen LogP contribution < -0.4 is 10.6 Å². The summed E-state index contributed by atoms with van der Waals surface area (Å²) in [5.41, 5.74) is 2.69. The summed E-state index contributed by atoms with van der Waals surface area (Å²) in [6.07, 6.45) is 8.11. The lowest BCUT2D eigenvalue weighted by Gasteiger charge is -2.39. The summed E-state index contributed by atoms with van der Waals surface area (Å²) in [6.45, 7) is 4.44. The zero-order chi connectivity index (χ0) is 18.0. The van der Waals surface area contributed by atoms with Crippen molar-refractivity contribution in [2.75, 3.05) is 19.8 Å². The molecule has 26 heavy (non-hydrogen) atoms. The molecule has 3 unspecified atom stereocenters. The van der Waals surface area contributed by atoms with Gasteiger partial charge in [-0.25, -0.2) is 0 Å². The van der Waals surface area contributed by atoms with Gasteiger partial charge in [0.05, 0.1) is 6.04 Å². The zero-order valence-corrected chi connectivity index (χ0v) is 15.9. The van der Waals surface area contributed by atoms with Crippen molar-refractivity contribution >= 4 is 5.91 Å². The molecule has 0 aromatic heterocycles. The number of nitrogens with one attached hydrogen (secondary N) is 2. The number of hydrogen-bond acceptors (Lipinski definition) is 3. The number of ether oxygens (including phenoxy) is 1. The van der Waals surface area contributed by atoms with Crippen molar-refractivity contribution in [3.8, 4) is 0 Å². The number of carbonyl (C=O) groups is 1. The van der Waals surface area contributed by atoms with Crippen LogP contribution in [0.5, 0.6) is 0 Å². The van der Waals surface area contributed by atoms with Crippen LogP contribution in [0.4, 0.5) is 0 Å². The van der Waals surface area contributed by atoms with Gasteiger partial charge in [0.25, 0.3) is 0 Å². The normalized spacial score (nSPS) is 30.6. The molecule has 4 nitrogen and oxygen atoms in total. The molecule has 1 aliphatic carbocycles. The summed E-state index contributed by atoms with van der Waals surface area (Å²) < 4.78 is 5.63. The molecule has 2 saturated heterocycles. The van der Waals surface area contributed by atoms with Gasteiger partial charge in [-0.3, -0.25) is 4.79 Å². The first-order chi connectivity index (χ1) is 12.7. The van der Waals surface area contributed by atoms with Crippen LogP contribution in [-0.4, -0.2) is 37.7 Å². The maximum Gasteiger partial charge on any atom is 0.237 e. The van der Waals surface area contributed by atoms with Crippen molar-refractivity contribution in [1.82, 2.24) is 10.6 Å². The molecule has 1 saturated carbocycles. The van der Waals surface area contributed by atoms with Gasteiger partial charge in [0, 0.05) is 31.2 Å². The van der Waals surface area contributed by atoms with E-state index >= 15 is 0 Å². The number of benzene rings is 1. The lowest BCUT2D eigenvalue weighted by molar-refractivity contribution is -0.123. The van der Waals surface area contributed by atoms with Crippen LogP contribution in [0.15, 0.2) is 24.3 Å². The summed E-state index contributed by atoms with van der Waals surface area (Å²) in [5, 5.41) is 6.92. The zero-order valence-electron chi connectivity index (χ0n) is 15.9. The third-order valence-corrected chi connectivity index (χ3v) is 6.95. The van der Waals surface area contributed by atoms with Gasteiger partial charge in [-0.1, -0.05) is 37.1 Å². The van der Waals surface area contributed by atoms with Gasteiger partial charge >= 0.3 is 0 Å². The fourth-order valence-electron chi connectivity index (χ4n) is 5.37. The minimum atomic E-state index is -0.00291.